The van der Waals surface area contributed by atoms with Crippen molar-refractivity contribution >= 4 is 0 Å². The van der Waals surface area contributed by atoms with Gasteiger partial charge in [-0.3, -0.25) is 0 Å². The van der Waals surface area contributed by atoms with Crippen LogP contribution in [0.1, 0.15) is 26.3 Å². The summed E-state index contributed by atoms with van der Waals surface area (Å²) in [6.07, 6.45) is 5.31. The maximum absolute atomic E-state index is 5.65. The molecule has 0 aliphatic heterocycles. The SMILES string of the molecule is C#Cc1[c]cccc1OC(C)(C)C. The Bertz CT molecular complexity index is 326. The van der Waals surface area contributed by atoms with Gasteiger partial charge < -0.3 is 4.74 Å². The van der Waals surface area contributed by atoms with E-state index in [9.17, 15) is 0 Å². The predicted octanol–water partition coefficient (Wildman–Crippen LogP) is 2.65. The molecule has 0 bridgehead atoms. The number of hydrogen-bond acceptors (Lipinski definition) is 1. The van der Waals surface area contributed by atoms with Gasteiger partial charge in [-0.1, -0.05) is 18.1 Å². The molecule has 0 atom stereocenters. The van der Waals surface area contributed by atoms with E-state index in [1.165, 1.54) is 0 Å². The zero-order valence-corrected chi connectivity index (χ0v) is 8.22. The van der Waals surface area contributed by atoms with E-state index in [2.05, 4.69) is 12.0 Å². The number of benzene rings is 1. The van der Waals surface area contributed by atoms with Crippen LogP contribution in [0.3, 0.4) is 0 Å². The number of hydrogen-bond donors (Lipinski definition) is 0. The lowest BCUT2D eigenvalue weighted by Gasteiger charge is -2.21. The molecule has 1 radical (unpaired) electrons. The molecule has 1 aromatic rings. The summed E-state index contributed by atoms with van der Waals surface area (Å²) in [5.41, 5.74) is 0.457. The number of terminal acetylenes is 1. The molecule has 0 heterocycles. The van der Waals surface area contributed by atoms with Gasteiger partial charge in [-0.05, 0) is 26.8 Å². The van der Waals surface area contributed by atoms with Crippen molar-refractivity contribution in [3.05, 3.63) is 29.8 Å². The first-order valence-electron chi connectivity index (χ1n) is 4.19. The van der Waals surface area contributed by atoms with E-state index in [1.54, 1.807) is 6.07 Å². The van der Waals surface area contributed by atoms with Crippen LogP contribution in [0.5, 0.6) is 5.75 Å². The Morgan fingerprint density at radius 3 is 2.69 bits per heavy atom. The molecule has 0 spiro atoms. The van der Waals surface area contributed by atoms with Gasteiger partial charge in [0.25, 0.3) is 0 Å². The van der Waals surface area contributed by atoms with Crippen LogP contribution in [0.25, 0.3) is 0 Å². The number of rotatable bonds is 1. The molecule has 0 saturated heterocycles. The van der Waals surface area contributed by atoms with Crippen LogP contribution in [0.15, 0.2) is 18.2 Å². The summed E-state index contributed by atoms with van der Waals surface area (Å²) in [5, 5.41) is 0. The Kier molecular flexibility index (Phi) is 2.63. The van der Waals surface area contributed by atoms with Crippen molar-refractivity contribution in [2.45, 2.75) is 26.4 Å². The molecule has 0 N–H and O–H groups in total. The van der Waals surface area contributed by atoms with Crippen molar-refractivity contribution in [1.82, 2.24) is 0 Å². The quantitative estimate of drug-likeness (QED) is 0.593. The first-order valence-corrected chi connectivity index (χ1v) is 4.19. The zero-order valence-electron chi connectivity index (χ0n) is 8.22. The second-order valence-electron chi connectivity index (χ2n) is 3.77. The van der Waals surface area contributed by atoms with Gasteiger partial charge in [-0.2, -0.15) is 0 Å². The summed E-state index contributed by atoms with van der Waals surface area (Å²) in [7, 11) is 0. The van der Waals surface area contributed by atoms with Gasteiger partial charge in [0, 0.05) is 6.07 Å². The van der Waals surface area contributed by atoms with Crippen molar-refractivity contribution in [2.24, 2.45) is 0 Å². The monoisotopic (exact) mass is 173 g/mol. The van der Waals surface area contributed by atoms with E-state index in [1.807, 2.05) is 32.9 Å². The fraction of sp³-hybridized carbons (Fsp3) is 0.333. The van der Waals surface area contributed by atoms with Gasteiger partial charge in [0.2, 0.25) is 0 Å². The molecule has 1 aromatic carbocycles. The maximum Gasteiger partial charge on any atom is 0.136 e. The molecule has 0 fully saturated rings. The van der Waals surface area contributed by atoms with Crippen molar-refractivity contribution in [2.75, 3.05) is 0 Å². The summed E-state index contributed by atoms with van der Waals surface area (Å²) < 4.78 is 5.65. The average molecular weight is 173 g/mol. The normalized spacial score (nSPS) is 10.6. The van der Waals surface area contributed by atoms with Crippen molar-refractivity contribution in [1.29, 1.82) is 0 Å². The molecular weight excluding hydrogens is 160 g/mol. The molecular formula is C12H13O. The Morgan fingerprint density at radius 1 is 1.46 bits per heavy atom. The van der Waals surface area contributed by atoms with Crippen LogP contribution in [0.4, 0.5) is 0 Å². The molecule has 13 heavy (non-hydrogen) atoms. The third-order valence-electron chi connectivity index (χ3n) is 1.38. The fourth-order valence-corrected chi connectivity index (χ4v) is 0.949. The summed E-state index contributed by atoms with van der Waals surface area (Å²) >= 11 is 0. The van der Waals surface area contributed by atoms with Crippen molar-refractivity contribution in [3.63, 3.8) is 0 Å². The molecule has 0 aromatic heterocycles. The van der Waals surface area contributed by atoms with Crippen molar-refractivity contribution in [3.8, 4) is 18.1 Å². The van der Waals surface area contributed by atoms with Crippen LogP contribution in [0.2, 0.25) is 0 Å². The Labute approximate surface area is 79.7 Å². The first-order chi connectivity index (χ1) is 6.03. The lowest BCUT2D eigenvalue weighted by molar-refractivity contribution is 0.130. The van der Waals surface area contributed by atoms with Gasteiger partial charge in [0.15, 0.2) is 0 Å². The van der Waals surface area contributed by atoms with E-state index in [0.717, 1.165) is 5.75 Å². The zero-order chi connectivity index (χ0) is 9.90. The van der Waals surface area contributed by atoms with E-state index in [4.69, 9.17) is 11.2 Å². The smallest absolute Gasteiger partial charge is 0.136 e. The largest absolute Gasteiger partial charge is 0.487 e. The molecule has 0 saturated carbocycles. The molecule has 1 heteroatoms. The first kappa shape index (κ1) is 9.67. The van der Waals surface area contributed by atoms with Gasteiger partial charge >= 0.3 is 0 Å². The Hall–Kier alpha value is -1.42. The molecule has 0 aliphatic rings. The fourth-order valence-electron chi connectivity index (χ4n) is 0.949. The topological polar surface area (TPSA) is 9.23 Å². The Balaban J connectivity index is 2.96. The highest BCUT2D eigenvalue weighted by Gasteiger charge is 2.13. The standard InChI is InChI=1S/C12H13O/c1-5-10-8-6-7-9-11(10)13-12(2,3)4/h1,6-7,9H,2-4H3. The van der Waals surface area contributed by atoms with Gasteiger partial charge in [-0.25, -0.2) is 0 Å². The minimum atomic E-state index is -0.221. The van der Waals surface area contributed by atoms with Crippen LogP contribution in [0, 0.1) is 18.4 Å². The minimum absolute atomic E-state index is 0.221. The maximum atomic E-state index is 5.65. The lowest BCUT2D eigenvalue weighted by Crippen LogP contribution is -2.23. The highest BCUT2D eigenvalue weighted by atomic mass is 16.5. The summed E-state index contributed by atoms with van der Waals surface area (Å²) in [4.78, 5) is 0. The number of ether oxygens (including phenoxy) is 1. The molecule has 1 rings (SSSR count). The highest BCUT2D eigenvalue weighted by molar-refractivity contribution is 5.43. The van der Waals surface area contributed by atoms with Crippen LogP contribution < -0.4 is 4.74 Å². The molecule has 1 nitrogen and oxygen atoms in total. The molecule has 67 valence electrons. The van der Waals surface area contributed by atoms with Gasteiger partial charge in [0.05, 0.1) is 5.56 Å². The van der Waals surface area contributed by atoms with Crippen LogP contribution >= 0.6 is 0 Å². The minimum Gasteiger partial charge on any atom is -0.487 e. The van der Waals surface area contributed by atoms with E-state index < -0.39 is 0 Å². The third-order valence-corrected chi connectivity index (χ3v) is 1.38. The molecule has 0 unspecified atom stereocenters. The van der Waals surface area contributed by atoms with Crippen LogP contribution in [-0.2, 0) is 0 Å². The lowest BCUT2D eigenvalue weighted by atomic mass is 10.1. The summed E-state index contributed by atoms with van der Waals surface area (Å²) in [6.45, 7) is 5.96. The second kappa shape index (κ2) is 3.53. The van der Waals surface area contributed by atoms with Gasteiger partial charge in [0.1, 0.15) is 11.4 Å². The molecule has 0 amide bonds. The highest BCUT2D eigenvalue weighted by Crippen LogP contribution is 2.21. The van der Waals surface area contributed by atoms with E-state index in [-0.39, 0.29) is 5.60 Å². The van der Waals surface area contributed by atoms with Crippen molar-refractivity contribution < 1.29 is 4.74 Å². The molecule has 0 aliphatic carbocycles. The van der Waals surface area contributed by atoms with E-state index >= 15 is 0 Å². The van der Waals surface area contributed by atoms with Crippen LogP contribution in [-0.4, -0.2) is 5.60 Å². The average Bonchev–Trinajstić information content (AvgIpc) is 2.02. The predicted molar refractivity (Wildman–Crippen MR) is 53.6 cm³/mol. The second-order valence-corrected chi connectivity index (χ2v) is 3.77. The third kappa shape index (κ3) is 2.83. The summed E-state index contributed by atoms with van der Waals surface area (Å²) in [6, 6.07) is 8.45. The van der Waals surface area contributed by atoms with E-state index in [0.29, 0.717) is 5.56 Å². The Morgan fingerprint density at radius 2 is 2.15 bits per heavy atom. The summed E-state index contributed by atoms with van der Waals surface area (Å²) in [5.74, 6) is 3.26. The van der Waals surface area contributed by atoms with Gasteiger partial charge in [-0.15, -0.1) is 6.42 Å².